The summed E-state index contributed by atoms with van der Waals surface area (Å²) in [6, 6.07) is 14.9. The maximum Gasteiger partial charge on any atom is 0.266 e. The molecule has 2 heterocycles. The van der Waals surface area contributed by atoms with Crippen LogP contribution in [0.5, 0.6) is 5.75 Å². The van der Waals surface area contributed by atoms with E-state index >= 15 is 0 Å². The molecule has 0 saturated heterocycles. The number of halogens is 2. The van der Waals surface area contributed by atoms with Crippen LogP contribution in [0, 0.1) is 0 Å². The molecule has 7 nitrogen and oxygen atoms in total. The lowest BCUT2D eigenvalue weighted by molar-refractivity contribution is -0.114. The van der Waals surface area contributed by atoms with E-state index in [0.29, 0.717) is 28.0 Å². The number of carbonyl (C=O) groups excluding carboxylic acids is 1. The number of thioether (sulfide) groups is 1. The molecule has 178 valence electrons. The summed E-state index contributed by atoms with van der Waals surface area (Å²) in [7, 11) is 1.62. The minimum atomic E-state index is -0.296. The molecule has 3 aromatic rings. The van der Waals surface area contributed by atoms with Crippen molar-refractivity contribution >= 4 is 52.4 Å². The zero-order valence-electron chi connectivity index (χ0n) is 19.0. The van der Waals surface area contributed by atoms with Crippen LogP contribution in [0.4, 0.5) is 11.5 Å². The molecule has 1 aromatic heterocycles. The standard InChI is InChI=1S/C22H19Cl2N5O2S.C2H6/c1-31-15-8-6-14(7-9-15)13-29(17-5-3-2-4-16(17)23)21(30)18-10-26-22(32-18)28-20-12-25-11-19(24)27-20;1-2/h2-12,22,26H,13H2,1H3,(H,27,28);1-2H3. The van der Waals surface area contributed by atoms with Crippen LogP contribution in [0.3, 0.4) is 0 Å². The summed E-state index contributed by atoms with van der Waals surface area (Å²) in [6.07, 6.45) is 4.70. The molecular weight excluding hydrogens is 493 g/mol. The molecule has 1 amide bonds. The minimum absolute atomic E-state index is 0.173. The molecule has 0 fully saturated rings. The summed E-state index contributed by atoms with van der Waals surface area (Å²) in [6.45, 7) is 4.35. The summed E-state index contributed by atoms with van der Waals surface area (Å²) in [4.78, 5) is 23.9. The second-order valence-electron chi connectivity index (χ2n) is 6.74. The fraction of sp³-hybridized carbons (Fsp3) is 0.208. The third kappa shape index (κ3) is 6.56. The highest BCUT2D eigenvalue weighted by molar-refractivity contribution is 8.04. The molecule has 1 atom stereocenters. The van der Waals surface area contributed by atoms with E-state index in [-0.39, 0.29) is 16.6 Å². The van der Waals surface area contributed by atoms with Crippen molar-refractivity contribution < 1.29 is 9.53 Å². The number of hydrogen-bond donors (Lipinski definition) is 2. The van der Waals surface area contributed by atoms with Gasteiger partial charge in [0.15, 0.2) is 5.50 Å². The highest BCUT2D eigenvalue weighted by Gasteiger charge is 2.28. The lowest BCUT2D eigenvalue weighted by atomic mass is 10.2. The van der Waals surface area contributed by atoms with Gasteiger partial charge in [0.05, 0.1) is 41.7 Å². The van der Waals surface area contributed by atoms with Crippen molar-refractivity contribution in [3.8, 4) is 5.75 Å². The maximum absolute atomic E-state index is 13.5. The van der Waals surface area contributed by atoms with Crippen molar-refractivity contribution in [1.82, 2.24) is 15.3 Å². The quantitative estimate of drug-likeness (QED) is 0.402. The summed E-state index contributed by atoms with van der Waals surface area (Å²) in [5, 5.41) is 7.07. The number of methoxy groups -OCH3 is 1. The first-order valence-corrected chi connectivity index (χ1v) is 12.2. The summed E-state index contributed by atoms with van der Waals surface area (Å²) in [5.41, 5.74) is 1.28. The molecule has 34 heavy (non-hydrogen) atoms. The molecule has 0 bridgehead atoms. The van der Waals surface area contributed by atoms with Crippen molar-refractivity contribution in [2.45, 2.75) is 25.9 Å². The van der Waals surface area contributed by atoms with Gasteiger partial charge in [-0.05, 0) is 29.8 Å². The maximum atomic E-state index is 13.5. The molecular formula is C24H25Cl2N5O2S. The van der Waals surface area contributed by atoms with Gasteiger partial charge in [-0.3, -0.25) is 9.78 Å². The molecule has 2 aromatic carbocycles. The average molecular weight is 518 g/mol. The van der Waals surface area contributed by atoms with Gasteiger partial charge in [0.25, 0.3) is 5.91 Å². The van der Waals surface area contributed by atoms with Gasteiger partial charge in [0.1, 0.15) is 16.7 Å². The Balaban J connectivity index is 0.00000158. The molecule has 0 aliphatic carbocycles. The number of amides is 1. The first-order chi connectivity index (χ1) is 16.5. The van der Waals surface area contributed by atoms with Gasteiger partial charge in [0.2, 0.25) is 0 Å². The van der Waals surface area contributed by atoms with E-state index in [2.05, 4.69) is 20.6 Å². The third-order valence-electron chi connectivity index (χ3n) is 4.59. The Morgan fingerprint density at radius 2 is 1.88 bits per heavy atom. The molecule has 2 N–H and O–H groups in total. The summed E-state index contributed by atoms with van der Waals surface area (Å²) < 4.78 is 5.23. The Kier molecular flexibility index (Phi) is 9.44. The minimum Gasteiger partial charge on any atom is -0.497 e. The van der Waals surface area contributed by atoms with Crippen LogP contribution in [0.1, 0.15) is 19.4 Å². The number of benzene rings is 2. The Bertz CT molecular complexity index is 1140. The molecule has 1 aliphatic heterocycles. The normalized spacial score (nSPS) is 14.3. The molecule has 0 radical (unpaired) electrons. The van der Waals surface area contributed by atoms with E-state index in [1.54, 1.807) is 30.5 Å². The topological polar surface area (TPSA) is 79.4 Å². The van der Waals surface area contributed by atoms with Crippen LogP contribution in [0.2, 0.25) is 10.2 Å². The van der Waals surface area contributed by atoms with Crippen LogP contribution in [-0.2, 0) is 11.3 Å². The van der Waals surface area contributed by atoms with Crippen molar-refractivity contribution in [2.75, 3.05) is 17.3 Å². The van der Waals surface area contributed by atoms with E-state index in [1.807, 2.05) is 56.3 Å². The van der Waals surface area contributed by atoms with Gasteiger partial charge in [-0.1, -0.05) is 73.1 Å². The summed E-state index contributed by atoms with van der Waals surface area (Å²) in [5.74, 6) is 1.08. The van der Waals surface area contributed by atoms with E-state index in [1.165, 1.54) is 18.0 Å². The number of para-hydroxylation sites is 1. The fourth-order valence-corrected chi connectivity index (χ4v) is 4.36. The highest BCUT2D eigenvalue weighted by atomic mass is 35.5. The Morgan fingerprint density at radius 3 is 2.56 bits per heavy atom. The third-order valence-corrected chi connectivity index (χ3v) is 6.13. The zero-order valence-corrected chi connectivity index (χ0v) is 21.3. The van der Waals surface area contributed by atoms with Crippen molar-refractivity contribution in [2.24, 2.45) is 0 Å². The molecule has 1 unspecified atom stereocenters. The Hall–Kier alpha value is -2.94. The van der Waals surface area contributed by atoms with E-state index in [0.717, 1.165) is 11.3 Å². The number of aromatic nitrogens is 2. The van der Waals surface area contributed by atoms with Crippen LogP contribution < -0.4 is 20.3 Å². The first kappa shape index (κ1) is 25.7. The number of ether oxygens (including phenoxy) is 1. The fourth-order valence-electron chi connectivity index (χ4n) is 3.06. The molecule has 4 rings (SSSR count). The predicted molar refractivity (Wildman–Crippen MR) is 140 cm³/mol. The van der Waals surface area contributed by atoms with Crippen LogP contribution in [0.15, 0.2) is 72.0 Å². The Labute approximate surface area is 213 Å². The lowest BCUT2D eigenvalue weighted by Gasteiger charge is -2.24. The number of rotatable bonds is 7. The van der Waals surface area contributed by atoms with E-state index in [4.69, 9.17) is 27.9 Å². The lowest BCUT2D eigenvalue weighted by Crippen LogP contribution is -2.31. The van der Waals surface area contributed by atoms with Gasteiger partial charge in [-0.2, -0.15) is 0 Å². The number of hydrogen-bond acceptors (Lipinski definition) is 7. The second-order valence-corrected chi connectivity index (χ2v) is 8.68. The van der Waals surface area contributed by atoms with E-state index in [9.17, 15) is 4.79 Å². The zero-order chi connectivity index (χ0) is 24.5. The molecule has 1 aliphatic rings. The van der Waals surface area contributed by atoms with Crippen molar-refractivity contribution in [3.05, 3.63) is 87.8 Å². The molecule has 0 saturated carbocycles. The van der Waals surface area contributed by atoms with Crippen molar-refractivity contribution in [3.63, 3.8) is 0 Å². The largest absolute Gasteiger partial charge is 0.497 e. The van der Waals surface area contributed by atoms with Gasteiger partial charge < -0.3 is 20.3 Å². The predicted octanol–water partition coefficient (Wildman–Crippen LogP) is 5.92. The van der Waals surface area contributed by atoms with Gasteiger partial charge >= 0.3 is 0 Å². The van der Waals surface area contributed by atoms with Gasteiger partial charge in [-0.25, -0.2) is 4.98 Å². The number of carbonyl (C=O) groups is 1. The van der Waals surface area contributed by atoms with Crippen LogP contribution in [0.25, 0.3) is 0 Å². The second kappa shape index (κ2) is 12.5. The average Bonchev–Trinajstić information content (AvgIpc) is 3.33. The Morgan fingerprint density at radius 1 is 1.15 bits per heavy atom. The highest BCUT2D eigenvalue weighted by Crippen LogP contribution is 2.33. The molecule has 0 spiro atoms. The van der Waals surface area contributed by atoms with Crippen LogP contribution in [-0.4, -0.2) is 28.5 Å². The smallest absolute Gasteiger partial charge is 0.266 e. The SMILES string of the molecule is CC.COc1ccc(CN(C(=O)C2=CNC(Nc3cncc(Cl)n3)S2)c2ccccc2Cl)cc1. The van der Waals surface area contributed by atoms with Crippen molar-refractivity contribution in [1.29, 1.82) is 0 Å². The number of nitrogens with zero attached hydrogens (tertiary/aromatic N) is 3. The molecule has 10 heteroatoms. The first-order valence-electron chi connectivity index (χ1n) is 10.6. The number of nitrogens with one attached hydrogen (secondary N) is 2. The van der Waals surface area contributed by atoms with E-state index < -0.39 is 0 Å². The van der Waals surface area contributed by atoms with Gasteiger partial charge in [-0.15, -0.1) is 0 Å². The summed E-state index contributed by atoms with van der Waals surface area (Å²) >= 11 is 13.7. The number of anilines is 2. The van der Waals surface area contributed by atoms with Gasteiger partial charge in [0, 0.05) is 6.20 Å². The monoisotopic (exact) mass is 517 g/mol. The van der Waals surface area contributed by atoms with Crippen LogP contribution >= 0.6 is 35.0 Å².